The van der Waals surface area contributed by atoms with Crippen LogP contribution in [0.5, 0.6) is 0 Å². The van der Waals surface area contributed by atoms with Crippen LogP contribution in [0.4, 0.5) is 0 Å². The van der Waals surface area contributed by atoms with Crippen molar-refractivity contribution < 1.29 is 4.74 Å². The van der Waals surface area contributed by atoms with Crippen LogP contribution in [0.1, 0.15) is 47.0 Å². The molecule has 3 unspecified atom stereocenters. The quantitative estimate of drug-likeness (QED) is 0.775. The summed E-state index contributed by atoms with van der Waals surface area (Å²) < 4.78 is 5.89. The maximum Gasteiger partial charge on any atom is 0.0655 e. The molecule has 1 aliphatic heterocycles. The van der Waals surface area contributed by atoms with Crippen LogP contribution in [0, 0.1) is 11.8 Å². The molecule has 15 heavy (non-hydrogen) atoms. The Balaban J connectivity index is 2.62. The smallest absolute Gasteiger partial charge is 0.0655 e. The van der Waals surface area contributed by atoms with Crippen molar-refractivity contribution in [2.75, 3.05) is 13.7 Å². The lowest BCUT2D eigenvalue weighted by Crippen LogP contribution is -2.46. The minimum Gasteiger partial charge on any atom is -0.375 e. The topological polar surface area (TPSA) is 21.3 Å². The third-order valence-corrected chi connectivity index (χ3v) is 3.94. The molecule has 0 aromatic rings. The highest BCUT2D eigenvalue weighted by Crippen LogP contribution is 2.34. The third kappa shape index (κ3) is 3.18. The predicted molar refractivity (Wildman–Crippen MR) is 65.1 cm³/mol. The monoisotopic (exact) mass is 213 g/mol. The van der Waals surface area contributed by atoms with E-state index in [1.165, 1.54) is 12.8 Å². The molecular formula is C13H27NO. The van der Waals surface area contributed by atoms with Gasteiger partial charge in [-0.2, -0.15) is 0 Å². The van der Waals surface area contributed by atoms with Gasteiger partial charge in [0.15, 0.2) is 0 Å². The van der Waals surface area contributed by atoms with Crippen LogP contribution in [-0.2, 0) is 4.74 Å². The Morgan fingerprint density at radius 3 is 2.60 bits per heavy atom. The van der Waals surface area contributed by atoms with Gasteiger partial charge < -0.3 is 10.1 Å². The van der Waals surface area contributed by atoms with Crippen LogP contribution in [0.15, 0.2) is 0 Å². The first kappa shape index (κ1) is 13.0. The fourth-order valence-electron chi connectivity index (χ4n) is 2.84. The molecule has 0 aromatic heterocycles. The lowest BCUT2D eigenvalue weighted by molar-refractivity contribution is -0.0944. The second-order valence-corrected chi connectivity index (χ2v) is 5.46. The fourth-order valence-corrected chi connectivity index (χ4v) is 2.84. The first-order valence-electron chi connectivity index (χ1n) is 6.33. The van der Waals surface area contributed by atoms with E-state index >= 15 is 0 Å². The molecule has 90 valence electrons. The van der Waals surface area contributed by atoms with E-state index in [-0.39, 0.29) is 5.60 Å². The van der Waals surface area contributed by atoms with Crippen molar-refractivity contribution in [3.63, 3.8) is 0 Å². The Morgan fingerprint density at radius 1 is 1.47 bits per heavy atom. The van der Waals surface area contributed by atoms with Crippen LogP contribution in [0.25, 0.3) is 0 Å². The van der Waals surface area contributed by atoms with Gasteiger partial charge in [0.25, 0.3) is 0 Å². The van der Waals surface area contributed by atoms with Gasteiger partial charge >= 0.3 is 0 Å². The molecule has 2 nitrogen and oxygen atoms in total. The summed E-state index contributed by atoms with van der Waals surface area (Å²) in [5, 5.41) is 3.48. The summed E-state index contributed by atoms with van der Waals surface area (Å²) in [5.41, 5.74) is 0.118. The van der Waals surface area contributed by atoms with Gasteiger partial charge in [0.2, 0.25) is 0 Å². The molecule has 0 aromatic carbocycles. The van der Waals surface area contributed by atoms with Gasteiger partial charge in [0, 0.05) is 12.6 Å². The van der Waals surface area contributed by atoms with Crippen molar-refractivity contribution in [1.82, 2.24) is 5.32 Å². The van der Waals surface area contributed by atoms with Crippen molar-refractivity contribution in [2.24, 2.45) is 11.8 Å². The molecule has 0 bridgehead atoms. The average molecular weight is 213 g/mol. The van der Waals surface area contributed by atoms with Gasteiger partial charge in [-0.3, -0.25) is 0 Å². The number of nitrogens with one attached hydrogen (secondary N) is 1. The third-order valence-electron chi connectivity index (χ3n) is 3.94. The van der Waals surface area contributed by atoms with Gasteiger partial charge in [-0.15, -0.1) is 0 Å². The summed E-state index contributed by atoms with van der Waals surface area (Å²) in [5.74, 6) is 1.48. The maximum absolute atomic E-state index is 5.89. The van der Waals surface area contributed by atoms with E-state index in [1.54, 1.807) is 0 Å². The van der Waals surface area contributed by atoms with E-state index < -0.39 is 0 Å². The molecule has 2 heteroatoms. The van der Waals surface area contributed by atoms with Crippen molar-refractivity contribution >= 4 is 0 Å². The molecular weight excluding hydrogens is 186 g/mol. The Hall–Kier alpha value is -0.0800. The van der Waals surface area contributed by atoms with E-state index in [0.717, 1.165) is 18.9 Å². The predicted octanol–water partition coefficient (Wildman–Crippen LogP) is 2.83. The molecule has 1 rings (SSSR count). The van der Waals surface area contributed by atoms with Crippen LogP contribution >= 0.6 is 0 Å². The summed E-state index contributed by atoms with van der Waals surface area (Å²) in [4.78, 5) is 0. The molecule has 1 fully saturated rings. The highest BCUT2D eigenvalue weighted by molar-refractivity contribution is 4.88. The van der Waals surface area contributed by atoms with E-state index in [4.69, 9.17) is 4.74 Å². The first-order valence-corrected chi connectivity index (χ1v) is 6.33. The minimum atomic E-state index is 0.118. The first-order chi connectivity index (χ1) is 7.02. The molecule has 1 aliphatic rings. The second kappa shape index (κ2) is 5.31. The normalized spacial score (nSPS) is 34.4. The molecule has 1 N–H and O–H groups in total. The van der Waals surface area contributed by atoms with Crippen LogP contribution < -0.4 is 5.32 Å². The Bertz CT molecular complexity index is 193. The summed E-state index contributed by atoms with van der Waals surface area (Å²) in [6.07, 6.45) is 3.53. The molecule has 1 heterocycles. The standard InChI is InChI=1S/C13H27NO/c1-6-13(4)9-11(7-8-15-13)12(14-5)10(2)3/h10-12,14H,6-9H2,1-5H3. The van der Waals surface area contributed by atoms with Crippen molar-refractivity contribution in [3.05, 3.63) is 0 Å². The summed E-state index contributed by atoms with van der Waals surface area (Å²) >= 11 is 0. The lowest BCUT2D eigenvalue weighted by Gasteiger charge is -2.42. The maximum atomic E-state index is 5.89. The van der Waals surface area contributed by atoms with Crippen LogP contribution in [0.2, 0.25) is 0 Å². The number of rotatable bonds is 4. The van der Waals surface area contributed by atoms with Gasteiger partial charge in [-0.25, -0.2) is 0 Å². The Labute approximate surface area is 94.8 Å². The van der Waals surface area contributed by atoms with E-state index in [0.29, 0.717) is 12.0 Å². The van der Waals surface area contributed by atoms with E-state index in [2.05, 4.69) is 40.1 Å². The fraction of sp³-hybridized carbons (Fsp3) is 1.00. The highest BCUT2D eigenvalue weighted by Gasteiger charge is 2.35. The second-order valence-electron chi connectivity index (χ2n) is 5.46. The average Bonchev–Trinajstić information content (AvgIpc) is 2.18. The van der Waals surface area contributed by atoms with E-state index in [1.807, 2.05) is 0 Å². The van der Waals surface area contributed by atoms with Crippen molar-refractivity contribution in [3.8, 4) is 0 Å². The van der Waals surface area contributed by atoms with Gasteiger partial charge in [0.1, 0.15) is 0 Å². The van der Waals surface area contributed by atoms with E-state index in [9.17, 15) is 0 Å². The van der Waals surface area contributed by atoms with Crippen LogP contribution in [-0.4, -0.2) is 25.3 Å². The number of hydrogen-bond donors (Lipinski definition) is 1. The highest BCUT2D eigenvalue weighted by atomic mass is 16.5. The van der Waals surface area contributed by atoms with Gasteiger partial charge in [-0.1, -0.05) is 20.8 Å². The molecule has 0 radical (unpaired) electrons. The Kier molecular flexibility index (Phi) is 4.60. The zero-order valence-corrected chi connectivity index (χ0v) is 11.0. The van der Waals surface area contributed by atoms with Crippen LogP contribution in [0.3, 0.4) is 0 Å². The largest absolute Gasteiger partial charge is 0.375 e. The summed E-state index contributed by atoms with van der Waals surface area (Å²) in [6, 6.07) is 0.639. The zero-order valence-electron chi connectivity index (χ0n) is 11.0. The molecule has 0 spiro atoms. The summed E-state index contributed by atoms with van der Waals surface area (Å²) in [6.45, 7) is 10.0. The number of ether oxygens (including phenoxy) is 1. The molecule has 1 saturated heterocycles. The molecule has 0 amide bonds. The zero-order chi connectivity index (χ0) is 11.5. The molecule has 0 saturated carbocycles. The lowest BCUT2D eigenvalue weighted by atomic mass is 9.78. The summed E-state index contributed by atoms with van der Waals surface area (Å²) in [7, 11) is 2.09. The SMILES string of the molecule is CCC1(C)CC(C(NC)C(C)C)CCO1. The van der Waals surface area contributed by atoms with Crippen molar-refractivity contribution in [2.45, 2.75) is 58.6 Å². The molecule has 3 atom stereocenters. The van der Waals surface area contributed by atoms with Crippen molar-refractivity contribution in [1.29, 1.82) is 0 Å². The number of hydrogen-bond acceptors (Lipinski definition) is 2. The minimum absolute atomic E-state index is 0.118. The van der Waals surface area contributed by atoms with Gasteiger partial charge in [-0.05, 0) is 45.1 Å². The van der Waals surface area contributed by atoms with Gasteiger partial charge in [0.05, 0.1) is 5.60 Å². The Morgan fingerprint density at radius 2 is 2.13 bits per heavy atom. The molecule has 0 aliphatic carbocycles.